The van der Waals surface area contributed by atoms with Crippen LogP contribution in [0.4, 0.5) is 0 Å². The van der Waals surface area contributed by atoms with Crippen molar-refractivity contribution in [3.63, 3.8) is 0 Å². The molecule has 0 saturated carbocycles. The number of aromatic nitrogens is 3. The Balaban J connectivity index is 1.08. The highest BCUT2D eigenvalue weighted by molar-refractivity contribution is 6.12. The summed E-state index contributed by atoms with van der Waals surface area (Å²) in [6, 6.07) is 51.0. The molecule has 0 amide bonds. The molecule has 230 valence electrons. The summed E-state index contributed by atoms with van der Waals surface area (Å²) in [7, 11) is 0. The predicted octanol–water partition coefficient (Wildman–Crippen LogP) is 11.6. The lowest BCUT2D eigenvalue weighted by Crippen LogP contribution is -2.06. The van der Waals surface area contributed by atoms with Gasteiger partial charge < -0.3 is 4.42 Å². The van der Waals surface area contributed by atoms with Crippen molar-refractivity contribution in [2.45, 2.75) is 12.8 Å². The molecule has 0 radical (unpaired) electrons. The minimum Gasteiger partial charge on any atom is -0.456 e. The predicted molar refractivity (Wildman–Crippen MR) is 201 cm³/mol. The van der Waals surface area contributed by atoms with E-state index < -0.39 is 0 Å². The molecular formula is C45H29N3O. The highest BCUT2D eigenvalue weighted by Crippen LogP contribution is 2.39. The molecule has 7 aromatic carbocycles. The lowest BCUT2D eigenvalue weighted by atomic mass is 9.88. The van der Waals surface area contributed by atoms with Crippen molar-refractivity contribution in [2.24, 2.45) is 0 Å². The summed E-state index contributed by atoms with van der Waals surface area (Å²) in [4.78, 5) is 15.2. The Morgan fingerprint density at radius 1 is 0.449 bits per heavy atom. The number of benzene rings is 7. The number of hydrogen-bond donors (Lipinski definition) is 0. The second kappa shape index (κ2) is 11.1. The summed E-state index contributed by atoms with van der Waals surface area (Å²) in [5.74, 6) is 2.09. The first-order chi connectivity index (χ1) is 24.2. The van der Waals surface area contributed by atoms with Gasteiger partial charge in [0.15, 0.2) is 17.5 Å². The molecule has 0 unspecified atom stereocenters. The average Bonchev–Trinajstić information content (AvgIpc) is 3.56. The maximum atomic E-state index is 6.18. The van der Waals surface area contributed by atoms with Crippen LogP contribution in [0.2, 0.25) is 0 Å². The first-order valence-electron chi connectivity index (χ1n) is 16.7. The van der Waals surface area contributed by atoms with Gasteiger partial charge in [0.2, 0.25) is 0 Å². The van der Waals surface area contributed by atoms with Crippen molar-refractivity contribution in [1.29, 1.82) is 0 Å². The molecule has 0 N–H and O–H groups in total. The number of nitrogens with zero attached hydrogens (tertiary/aromatic N) is 3. The van der Waals surface area contributed by atoms with E-state index in [0.717, 1.165) is 57.3 Å². The van der Waals surface area contributed by atoms with Crippen molar-refractivity contribution in [3.8, 4) is 33.9 Å². The summed E-state index contributed by atoms with van der Waals surface area (Å²) in [5.41, 5.74) is 9.82. The van der Waals surface area contributed by atoms with Gasteiger partial charge in [0.1, 0.15) is 11.2 Å². The fourth-order valence-electron chi connectivity index (χ4n) is 7.36. The summed E-state index contributed by atoms with van der Waals surface area (Å²) in [6.07, 6.45) is 4.01. The molecular weight excluding hydrogens is 599 g/mol. The second-order valence-electron chi connectivity index (χ2n) is 12.8. The number of aryl methyl sites for hydroxylation is 1. The zero-order valence-corrected chi connectivity index (χ0v) is 26.6. The fraction of sp³-hybridized carbons (Fsp3) is 0.0444. The van der Waals surface area contributed by atoms with Crippen molar-refractivity contribution >= 4 is 55.1 Å². The van der Waals surface area contributed by atoms with E-state index in [1.807, 2.05) is 30.3 Å². The lowest BCUT2D eigenvalue weighted by molar-refractivity contribution is 0.669. The Kier molecular flexibility index (Phi) is 6.28. The first kappa shape index (κ1) is 27.7. The maximum Gasteiger partial charge on any atom is 0.164 e. The summed E-state index contributed by atoms with van der Waals surface area (Å²) >= 11 is 0. The van der Waals surface area contributed by atoms with Crippen LogP contribution in [0.25, 0.3) is 89.0 Å². The van der Waals surface area contributed by atoms with Crippen LogP contribution in [0.15, 0.2) is 150 Å². The van der Waals surface area contributed by atoms with Crippen LogP contribution in [-0.4, -0.2) is 15.0 Å². The molecule has 10 rings (SSSR count). The number of para-hydroxylation sites is 1. The number of rotatable bonds is 4. The van der Waals surface area contributed by atoms with Gasteiger partial charge in [0.25, 0.3) is 0 Å². The Morgan fingerprint density at radius 3 is 2.04 bits per heavy atom. The van der Waals surface area contributed by atoms with Crippen molar-refractivity contribution in [1.82, 2.24) is 15.0 Å². The highest BCUT2D eigenvalue weighted by atomic mass is 16.3. The second-order valence-corrected chi connectivity index (χ2v) is 12.8. The van der Waals surface area contributed by atoms with Crippen molar-refractivity contribution < 1.29 is 4.42 Å². The van der Waals surface area contributed by atoms with Gasteiger partial charge in [-0.2, -0.15) is 0 Å². The van der Waals surface area contributed by atoms with E-state index in [4.69, 9.17) is 19.4 Å². The minimum atomic E-state index is 0.682. The third kappa shape index (κ3) is 4.72. The standard InChI is InChI=1S/C45H29N3O/c1-2-10-30(11-3-1)43-46-44(48-45(47-43)35-23-19-29-18-17-28-9-4-5-12-36(28)39(29)27-35)34-24-21-31-25-33(22-20-32(31)26-34)37-14-8-16-41-42(37)38-13-6-7-15-40(38)49-41/h1-20,22-23,25-27H,21,24H2. The van der Waals surface area contributed by atoms with Crippen LogP contribution in [-0.2, 0) is 6.42 Å². The average molecular weight is 628 g/mol. The van der Waals surface area contributed by atoms with E-state index in [1.54, 1.807) is 0 Å². The molecule has 4 heteroatoms. The van der Waals surface area contributed by atoms with Gasteiger partial charge in [0.05, 0.1) is 0 Å². The van der Waals surface area contributed by atoms with E-state index in [1.165, 1.54) is 43.8 Å². The van der Waals surface area contributed by atoms with Crippen LogP contribution < -0.4 is 0 Å². The van der Waals surface area contributed by atoms with E-state index in [0.29, 0.717) is 11.6 Å². The molecule has 0 saturated heterocycles. The van der Waals surface area contributed by atoms with Crippen LogP contribution in [0.3, 0.4) is 0 Å². The monoisotopic (exact) mass is 627 g/mol. The van der Waals surface area contributed by atoms with Crippen molar-refractivity contribution in [2.75, 3.05) is 0 Å². The number of hydrogen-bond acceptors (Lipinski definition) is 4. The van der Waals surface area contributed by atoms with Crippen molar-refractivity contribution in [3.05, 3.63) is 163 Å². The first-order valence-corrected chi connectivity index (χ1v) is 16.7. The third-order valence-corrected chi connectivity index (χ3v) is 9.81. The number of furan rings is 1. The smallest absolute Gasteiger partial charge is 0.164 e. The van der Waals surface area contributed by atoms with E-state index >= 15 is 0 Å². The molecule has 0 spiro atoms. The molecule has 0 fully saturated rings. The number of fused-ring (bicyclic) bond motifs is 7. The Hall–Kier alpha value is -6.39. The minimum absolute atomic E-state index is 0.682. The Labute approximate surface area is 283 Å². The molecule has 0 bridgehead atoms. The van der Waals surface area contributed by atoms with Gasteiger partial charge in [-0.15, -0.1) is 0 Å². The van der Waals surface area contributed by atoms with Crippen LogP contribution >= 0.6 is 0 Å². The van der Waals surface area contributed by atoms with Gasteiger partial charge in [-0.25, -0.2) is 15.0 Å². The molecule has 0 aliphatic heterocycles. The normalized spacial score (nSPS) is 12.9. The molecule has 9 aromatic rings. The highest BCUT2D eigenvalue weighted by Gasteiger charge is 2.20. The van der Waals surface area contributed by atoms with E-state index in [2.05, 4.69) is 121 Å². The zero-order valence-electron chi connectivity index (χ0n) is 26.6. The maximum absolute atomic E-state index is 6.18. The van der Waals surface area contributed by atoms with E-state index in [9.17, 15) is 0 Å². The topological polar surface area (TPSA) is 51.8 Å². The van der Waals surface area contributed by atoms with Crippen LogP contribution in [0, 0.1) is 0 Å². The zero-order chi connectivity index (χ0) is 32.3. The Bertz CT molecular complexity index is 2780. The van der Waals surface area contributed by atoms with Gasteiger partial charge in [-0.1, -0.05) is 127 Å². The fourth-order valence-corrected chi connectivity index (χ4v) is 7.36. The molecule has 49 heavy (non-hydrogen) atoms. The SMILES string of the molecule is C1=C(c2nc(-c3ccccc3)nc(-c3ccc4ccc5ccccc5c4c3)n2)CCc2cc(-c3cccc4oc5ccccc5c34)ccc21. The van der Waals surface area contributed by atoms with E-state index in [-0.39, 0.29) is 0 Å². The lowest BCUT2D eigenvalue weighted by Gasteiger charge is -2.18. The summed E-state index contributed by atoms with van der Waals surface area (Å²) < 4.78 is 6.18. The number of allylic oxidation sites excluding steroid dienone is 1. The Morgan fingerprint density at radius 2 is 1.14 bits per heavy atom. The molecule has 1 aliphatic carbocycles. The van der Waals surface area contributed by atoms with Crippen LogP contribution in [0.1, 0.15) is 23.4 Å². The third-order valence-electron chi connectivity index (χ3n) is 9.81. The summed E-state index contributed by atoms with van der Waals surface area (Å²) in [6.45, 7) is 0. The molecule has 2 heterocycles. The molecule has 0 atom stereocenters. The van der Waals surface area contributed by atoms with Gasteiger partial charge in [-0.05, 0) is 86.5 Å². The van der Waals surface area contributed by atoms with Gasteiger partial charge in [-0.3, -0.25) is 0 Å². The largest absolute Gasteiger partial charge is 0.456 e. The van der Waals surface area contributed by atoms with Gasteiger partial charge >= 0.3 is 0 Å². The van der Waals surface area contributed by atoms with Crippen LogP contribution in [0.5, 0.6) is 0 Å². The summed E-state index contributed by atoms with van der Waals surface area (Å²) in [5, 5.41) is 7.15. The molecule has 4 nitrogen and oxygen atoms in total. The quantitative estimate of drug-likeness (QED) is 0.182. The molecule has 1 aliphatic rings. The van der Waals surface area contributed by atoms with Gasteiger partial charge in [0, 0.05) is 21.9 Å². The molecule has 2 aromatic heterocycles.